The van der Waals surface area contributed by atoms with Crippen LogP contribution >= 0.6 is 0 Å². The van der Waals surface area contributed by atoms with Crippen LogP contribution in [-0.4, -0.2) is 19.0 Å². The molecule has 0 heterocycles. The third kappa shape index (κ3) is 2.05. The number of fused-ring (bicyclic) bond motifs is 1. The second-order valence-electron chi connectivity index (χ2n) is 3.65. The zero-order chi connectivity index (χ0) is 11.5. The summed E-state index contributed by atoms with van der Waals surface area (Å²) in [6.45, 7) is 0. The Morgan fingerprint density at radius 1 is 1.31 bits per heavy atom. The average Bonchev–Trinajstić information content (AvgIpc) is 2.29. The summed E-state index contributed by atoms with van der Waals surface area (Å²) in [4.78, 5) is 22.4. The third-order valence-electron chi connectivity index (χ3n) is 2.59. The Kier molecular flexibility index (Phi) is 2.90. The number of benzene rings is 1. The van der Waals surface area contributed by atoms with Crippen LogP contribution in [-0.2, 0) is 11.2 Å². The number of aryl methyl sites for hydroxylation is 1. The fourth-order valence-corrected chi connectivity index (χ4v) is 1.82. The van der Waals surface area contributed by atoms with E-state index < -0.39 is 6.16 Å². The predicted octanol–water partition coefficient (Wildman–Crippen LogP) is 2.35. The topological polar surface area (TPSA) is 52.6 Å². The summed E-state index contributed by atoms with van der Waals surface area (Å²) in [5.74, 6) is 0.575. The molecule has 1 aromatic carbocycles. The molecule has 0 spiro atoms. The van der Waals surface area contributed by atoms with E-state index in [0.717, 1.165) is 24.0 Å². The maximum absolute atomic E-state index is 11.5. The molecule has 0 N–H and O–H groups in total. The van der Waals surface area contributed by atoms with E-state index in [1.165, 1.54) is 7.11 Å². The molecule has 1 aliphatic carbocycles. The normalized spacial score (nSPS) is 14.2. The van der Waals surface area contributed by atoms with E-state index in [4.69, 9.17) is 4.74 Å². The van der Waals surface area contributed by atoms with Crippen molar-refractivity contribution < 1.29 is 19.1 Å². The van der Waals surface area contributed by atoms with Gasteiger partial charge in [-0.3, -0.25) is 4.79 Å². The van der Waals surface area contributed by atoms with Crippen molar-refractivity contribution in [1.29, 1.82) is 0 Å². The number of Topliss-reactive ketones (excluding diaryl/α,β-unsaturated/α-hetero) is 1. The highest BCUT2D eigenvalue weighted by Crippen LogP contribution is 2.25. The summed E-state index contributed by atoms with van der Waals surface area (Å²) in [6.07, 6.45) is 1.55. The molecule has 0 atom stereocenters. The van der Waals surface area contributed by atoms with Gasteiger partial charge >= 0.3 is 6.16 Å². The summed E-state index contributed by atoms with van der Waals surface area (Å²) >= 11 is 0. The van der Waals surface area contributed by atoms with Crippen molar-refractivity contribution in [2.45, 2.75) is 19.3 Å². The second-order valence-corrected chi connectivity index (χ2v) is 3.65. The third-order valence-corrected chi connectivity index (χ3v) is 2.59. The van der Waals surface area contributed by atoms with Gasteiger partial charge < -0.3 is 9.47 Å². The van der Waals surface area contributed by atoms with Crippen molar-refractivity contribution >= 4 is 11.9 Å². The highest BCUT2D eigenvalue weighted by atomic mass is 16.7. The first-order valence-corrected chi connectivity index (χ1v) is 5.12. The molecule has 0 aromatic heterocycles. The minimum absolute atomic E-state index is 0.158. The first-order chi connectivity index (χ1) is 7.70. The van der Waals surface area contributed by atoms with E-state index in [1.807, 2.05) is 0 Å². The van der Waals surface area contributed by atoms with Crippen LogP contribution in [0.3, 0.4) is 0 Å². The zero-order valence-corrected chi connectivity index (χ0v) is 8.99. The van der Waals surface area contributed by atoms with Gasteiger partial charge in [0.1, 0.15) is 5.75 Å². The van der Waals surface area contributed by atoms with Gasteiger partial charge in [0.25, 0.3) is 0 Å². The second kappa shape index (κ2) is 4.35. The van der Waals surface area contributed by atoms with Crippen LogP contribution in [0.5, 0.6) is 5.75 Å². The molecule has 0 saturated carbocycles. The molecule has 4 nitrogen and oxygen atoms in total. The van der Waals surface area contributed by atoms with Gasteiger partial charge in [0.15, 0.2) is 5.78 Å². The molecule has 0 amide bonds. The van der Waals surface area contributed by atoms with Crippen LogP contribution in [0, 0.1) is 0 Å². The van der Waals surface area contributed by atoms with Gasteiger partial charge in [0, 0.05) is 12.0 Å². The number of rotatable bonds is 1. The number of carbonyl (C=O) groups excluding carboxylic acids is 2. The molecule has 0 aliphatic heterocycles. The van der Waals surface area contributed by atoms with Crippen LogP contribution in [0.4, 0.5) is 4.79 Å². The zero-order valence-electron chi connectivity index (χ0n) is 8.99. The van der Waals surface area contributed by atoms with Crippen molar-refractivity contribution in [2.75, 3.05) is 7.11 Å². The fourth-order valence-electron chi connectivity index (χ4n) is 1.82. The van der Waals surface area contributed by atoms with Gasteiger partial charge in [-0.2, -0.15) is 0 Å². The number of ketones is 1. The number of hydrogen-bond donors (Lipinski definition) is 0. The van der Waals surface area contributed by atoms with Gasteiger partial charge in [0.05, 0.1) is 7.11 Å². The summed E-state index contributed by atoms with van der Waals surface area (Å²) in [7, 11) is 1.25. The van der Waals surface area contributed by atoms with Gasteiger partial charge in [0.2, 0.25) is 0 Å². The smallest absolute Gasteiger partial charge is 0.437 e. The summed E-state index contributed by atoms with van der Waals surface area (Å²) < 4.78 is 9.28. The van der Waals surface area contributed by atoms with E-state index in [1.54, 1.807) is 18.2 Å². The quantitative estimate of drug-likeness (QED) is 0.538. The fraction of sp³-hybridized carbons (Fsp3) is 0.333. The summed E-state index contributed by atoms with van der Waals surface area (Å²) in [6, 6.07) is 5.04. The predicted molar refractivity (Wildman–Crippen MR) is 56.7 cm³/mol. The Labute approximate surface area is 93.2 Å². The minimum atomic E-state index is -0.748. The molecule has 16 heavy (non-hydrogen) atoms. The molecule has 0 radical (unpaired) electrons. The highest BCUT2D eigenvalue weighted by molar-refractivity contribution is 5.98. The molecule has 0 saturated heterocycles. The minimum Gasteiger partial charge on any atom is -0.437 e. The largest absolute Gasteiger partial charge is 0.513 e. The van der Waals surface area contributed by atoms with E-state index in [2.05, 4.69) is 4.74 Å². The molecule has 2 rings (SSSR count). The molecular formula is C12H12O4. The molecule has 4 heteroatoms. The van der Waals surface area contributed by atoms with Crippen molar-refractivity contribution in [3.63, 3.8) is 0 Å². The lowest BCUT2D eigenvalue weighted by molar-refractivity contribution is 0.0972. The maximum Gasteiger partial charge on any atom is 0.513 e. The Morgan fingerprint density at radius 3 is 2.88 bits per heavy atom. The van der Waals surface area contributed by atoms with Crippen molar-refractivity contribution in [3.05, 3.63) is 29.3 Å². The standard InChI is InChI=1S/C12H12O4/c1-15-12(14)16-9-5-6-10-8(7-9)3-2-4-11(10)13/h5-7H,2-4H2,1H3. The number of methoxy groups -OCH3 is 1. The monoisotopic (exact) mass is 220 g/mol. The van der Waals surface area contributed by atoms with Gasteiger partial charge in [-0.05, 0) is 36.6 Å². The van der Waals surface area contributed by atoms with Crippen molar-refractivity contribution in [2.24, 2.45) is 0 Å². The SMILES string of the molecule is COC(=O)Oc1ccc2c(c1)CCCC2=O. The first kappa shape index (κ1) is 10.7. The molecule has 0 bridgehead atoms. The number of carbonyl (C=O) groups is 2. The highest BCUT2D eigenvalue weighted by Gasteiger charge is 2.17. The van der Waals surface area contributed by atoms with Crippen molar-refractivity contribution in [1.82, 2.24) is 0 Å². The maximum atomic E-state index is 11.5. The molecule has 1 aromatic rings. The van der Waals surface area contributed by atoms with Gasteiger partial charge in [-0.1, -0.05) is 0 Å². The Balaban J connectivity index is 2.25. The van der Waals surface area contributed by atoms with E-state index in [9.17, 15) is 9.59 Å². The van der Waals surface area contributed by atoms with Crippen molar-refractivity contribution in [3.8, 4) is 5.75 Å². The summed E-state index contributed by atoms with van der Waals surface area (Å²) in [5.41, 5.74) is 1.68. The van der Waals surface area contributed by atoms with Crippen LogP contribution in [0.15, 0.2) is 18.2 Å². The molecule has 0 fully saturated rings. The number of ether oxygens (including phenoxy) is 2. The Hall–Kier alpha value is -1.84. The Morgan fingerprint density at radius 2 is 2.12 bits per heavy atom. The van der Waals surface area contributed by atoms with E-state index >= 15 is 0 Å². The van der Waals surface area contributed by atoms with E-state index in [-0.39, 0.29) is 5.78 Å². The average molecular weight is 220 g/mol. The van der Waals surface area contributed by atoms with Crippen LogP contribution in [0.2, 0.25) is 0 Å². The molecular weight excluding hydrogens is 208 g/mol. The lowest BCUT2D eigenvalue weighted by atomic mass is 9.91. The first-order valence-electron chi connectivity index (χ1n) is 5.12. The molecule has 84 valence electrons. The lowest BCUT2D eigenvalue weighted by Crippen LogP contribution is -2.12. The summed E-state index contributed by atoms with van der Waals surface area (Å²) in [5, 5.41) is 0. The van der Waals surface area contributed by atoms with Crippen LogP contribution in [0.1, 0.15) is 28.8 Å². The van der Waals surface area contributed by atoms with Crippen LogP contribution < -0.4 is 4.74 Å². The van der Waals surface area contributed by atoms with Crippen LogP contribution in [0.25, 0.3) is 0 Å². The van der Waals surface area contributed by atoms with Gasteiger partial charge in [-0.15, -0.1) is 0 Å². The van der Waals surface area contributed by atoms with Gasteiger partial charge in [-0.25, -0.2) is 4.79 Å². The Bertz CT molecular complexity index is 437. The number of hydrogen-bond acceptors (Lipinski definition) is 4. The lowest BCUT2D eigenvalue weighted by Gasteiger charge is -2.15. The van der Waals surface area contributed by atoms with E-state index in [0.29, 0.717) is 12.2 Å². The molecule has 0 unspecified atom stereocenters. The molecule has 1 aliphatic rings.